The van der Waals surface area contributed by atoms with Crippen molar-refractivity contribution in [2.45, 2.75) is 0 Å². The van der Waals surface area contributed by atoms with Crippen molar-refractivity contribution in [1.29, 1.82) is 0 Å². The second-order valence-electron chi connectivity index (χ2n) is 9.83. The van der Waals surface area contributed by atoms with E-state index in [1.807, 2.05) is 12.1 Å². The highest BCUT2D eigenvalue weighted by molar-refractivity contribution is 7.22. The predicted molar refractivity (Wildman–Crippen MR) is 160 cm³/mol. The van der Waals surface area contributed by atoms with Crippen LogP contribution >= 0.6 is 11.3 Å². The lowest BCUT2D eigenvalue weighted by Gasteiger charge is -2.09. The van der Waals surface area contributed by atoms with Crippen molar-refractivity contribution in [2.24, 2.45) is 0 Å². The molecule has 0 saturated carbocycles. The third-order valence-electron chi connectivity index (χ3n) is 7.75. The molecule has 0 aliphatic heterocycles. The van der Waals surface area contributed by atoms with Gasteiger partial charge in [0.1, 0.15) is 4.83 Å². The molecule has 9 rings (SSSR count). The Morgan fingerprint density at radius 2 is 1.37 bits per heavy atom. The molecule has 4 heterocycles. The number of rotatable bonds is 2. The average molecular weight is 502 g/mol. The van der Waals surface area contributed by atoms with E-state index in [9.17, 15) is 0 Å². The van der Waals surface area contributed by atoms with E-state index in [0.717, 1.165) is 32.9 Å². The highest BCUT2D eigenvalue weighted by Gasteiger charge is 2.21. The highest BCUT2D eigenvalue weighted by atomic mass is 32.1. The summed E-state index contributed by atoms with van der Waals surface area (Å²) in [5, 5.41) is 8.78. The molecule has 0 bridgehead atoms. The molecule has 0 aliphatic rings. The molecule has 176 valence electrons. The normalized spacial score (nSPS) is 12.2. The molecule has 0 saturated heterocycles. The molecule has 0 amide bonds. The summed E-state index contributed by atoms with van der Waals surface area (Å²) in [6.45, 7) is 0. The number of nitrogens with zero attached hydrogens (tertiary/aromatic N) is 3. The first-order valence-corrected chi connectivity index (χ1v) is 13.6. The quantitative estimate of drug-likeness (QED) is 0.236. The SMILES string of the molecule is c1ccc(-c2nc(-c3cc4c5cccc6ccc7c8ccccc8n(c4s3)c7c65)nc3ccccc23)cc1. The van der Waals surface area contributed by atoms with Crippen LogP contribution in [0.25, 0.3) is 81.0 Å². The number of para-hydroxylation sites is 2. The molecular formula is C34H19N3S. The van der Waals surface area contributed by atoms with Gasteiger partial charge < -0.3 is 0 Å². The van der Waals surface area contributed by atoms with Crippen LogP contribution in [0.15, 0.2) is 115 Å². The van der Waals surface area contributed by atoms with Gasteiger partial charge in [0.05, 0.1) is 27.1 Å². The smallest absolute Gasteiger partial charge is 0.170 e. The Labute approximate surface area is 221 Å². The zero-order valence-corrected chi connectivity index (χ0v) is 21.0. The van der Waals surface area contributed by atoms with Crippen LogP contribution in [0.2, 0.25) is 0 Å². The molecule has 4 heteroatoms. The molecule has 0 atom stereocenters. The van der Waals surface area contributed by atoms with Crippen molar-refractivity contribution >= 4 is 70.4 Å². The summed E-state index contributed by atoms with van der Waals surface area (Å²) < 4.78 is 2.46. The predicted octanol–water partition coefficient (Wildman–Crippen LogP) is 9.33. The van der Waals surface area contributed by atoms with Gasteiger partial charge in [-0.05, 0) is 29.0 Å². The van der Waals surface area contributed by atoms with E-state index in [4.69, 9.17) is 9.97 Å². The molecule has 4 aromatic heterocycles. The first-order chi connectivity index (χ1) is 18.8. The Bertz CT molecular complexity index is 2340. The fraction of sp³-hybridized carbons (Fsp3) is 0. The Balaban J connectivity index is 1.43. The molecule has 38 heavy (non-hydrogen) atoms. The number of hydrogen-bond acceptors (Lipinski definition) is 3. The van der Waals surface area contributed by atoms with Gasteiger partial charge in [0, 0.05) is 32.5 Å². The van der Waals surface area contributed by atoms with Crippen molar-refractivity contribution in [1.82, 2.24) is 14.4 Å². The minimum atomic E-state index is 0.769. The monoisotopic (exact) mass is 501 g/mol. The van der Waals surface area contributed by atoms with E-state index in [2.05, 4.69) is 108 Å². The number of pyridine rings is 1. The van der Waals surface area contributed by atoms with Gasteiger partial charge in [0.25, 0.3) is 0 Å². The second kappa shape index (κ2) is 7.37. The lowest BCUT2D eigenvalue weighted by atomic mass is 10.0. The minimum Gasteiger partial charge on any atom is -0.299 e. The van der Waals surface area contributed by atoms with E-state index in [-0.39, 0.29) is 0 Å². The summed E-state index contributed by atoms with van der Waals surface area (Å²) in [6.07, 6.45) is 0. The number of fused-ring (bicyclic) bond motifs is 7. The Kier molecular flexibility index (Phi) is 3.93. The summed E-state index contributed by atoms with van der Waals surface area (Å²) in [6, 6.07) is 40.9. The van der Waals surface area contributed by atoms with E-state index >= 15 is 0 Å². The average Bonchev–Trinajstić information content (AvgIpc) is 3.57. The zero-order chi connectivity index (χ0) is 24.8. The van der Waals surface area contributed by atoms with Gasteiger partial charge >= 0.3 is 0 Å². The molecule has 5 aromatic carbocycles. The second-order valence-corrected chi connectivity index (χ2v) is 10.9. The molecule has 0 spiro atoms. The van der Waals surface area contributed by atoms with Crippen LogP contribution in [-0.4, -0.2) is 14.4 Å². The molecule has 0 N–H and O–H groups in total. The van der Waals surface area contributed by atoms with Crippen molar-refractivity contribution in [3.8, 4) is 22.0 Å². The summed E-state index contributed by atoms with van der Waals surface area (Å²) in [7, 11) is 0. The first-order valence-electron chi connectivity index (χ1n) is 12.8. The van der Waals surface area contributed by atoms with Crippen LogP contribution in [0.1, 0.15) is 0 Å². The first kappa shape index (κ1) is 20.3. The van der Waals surface area contributed by atoms with Gasteiger partial charge in [-0.15, -0.1) is 11.3 Å². The van der Waals surface area contributed by atoms with Gasteiger partial charge in [0.15, 0.2) is 5.82 Å². The lowest BCUT2D eigenvalue weighted by molar-refractivity contribution is 1.24. The van der Waals surface area contributed by atoms with Crippen LogP contribution in [0.5, 0.6) is 0 Å². The fourth-order valence-corrected chi connectivity index (χ4v) is 7.24. The van der Waals surface area contributed by atoms with Crippen molar-refractivity contribution < 1.29 is 0 Å². The zero-order valence-electron chi connectivity index (χ0n) is 20.2. The summed E-state index contributed by atoms with van der Waals surface area (Å²) in [4.78, 5) is 12.5. The summed E-state index contributed by atoms with van der Waals surface area (Å²) >= 11 is 1.78. The standard InChI is InChI=1S/C34H19N3S/c1-2-9-21(10-3-1)31-25-13-4-6-15-27(25)35-33(36-31)29-19-26-23-14-8-11-20-17-18-24-22-12-5-7-16-28(22)37(34(26)38-29)32(24)30(20)23/h1-19H. The molecule has 0 fully saturated rings. The van der Waals surface area contributed by atoms with Crippen LogP contribution in [0.3, 0.4) is 0 Å². The molecule has 0 unspecified atom stereocenters. The maximum atomic E-state index is 5.17. The fourth-order valence-electron chi connectivity index (χ4n) is 6.12. The number of aromatic nitrogens is 3. The van der Waals surface area contributed by atoms with Gasteiger partial charge in [-0.3, -0.25) is 4.40 Å². The van der Waals surface area contributed by atoms with Crippen LogP contribution in [0, 0.1) is 0 Å². The lowest BCUT2D eigenvalue weighted by Crippen LogP contribution is -1.93. The number of benzene rings is 5. The largest absolute Gasteiger partial charge is 0.299 e. The van der Waals surface area contributed by atoms with E-state index in [0.29, 0.717) is 0 Å². The Morgan fingerprint density at radius 3 is 2.29 bits per heavy atom. The maximum Gasteiger partial charge on any atom is 0.170 e. The number of hydrogen-bond donors (Lipinski definition) is 0. The molecule has 0 aliphatic carbocycles. The Morgan fingerprint density at radius 1 is 0.579 bits per heavy atom. The van der Waals surface area contributed by atoms with Gasteiger partial charge in [-0.25, -0.2) is 9.97 Å². The summed E-state index contributed by atoms with van der Waals surface area (Å²) in [5.74, 6) is 0.769. The third kappa shape index (κ3) is 2.62. The highest BCUT2D eigenvalue weighted by Crippen LogP contribution is 2.45. The minimum absolute atomic E-state index is 0.769. The van der Waals surface area contributed by atoms with E-state index in [1.54, 1.807) is 11.3 Å². The maximum absolute atomic E-state index is 5.17. The van der Waals surface area contributed by atoms with Gasteiger partial charge in [-0.1, -0.05) is 97.1 Å². The molecule has 0 radical (unpaired) electrons. The molecular weight excluding hydrogens is 482 g/mol. The topological polar surface area (TPSA) is 30.2 Å². The number of thiophene rings is 1. The van der Waals surface area contributed by atoms with Crippen molar-refractivity contribution in [3.05, 3.63) is 115 Å². The van der Waals surface area contributed by atoms with Gasteiger partial charge in [0.2, 0.25) is 0 Å². The van der Waals surface area contributed by atoms with Crippen molar-refractivity contribution in [2.75, 3.05) is 0 Å². The Hall–Kier alpha value is -4.80. The van der Waals surface area contributed by atoms with Crippen LogP contribution < -0.4 is 0 Å². The van der Waals surface area contributed by atoms with E-state index < -0.39 is 0 Å². The van der Waals surface area contributed by atoms with Gasteiger partial charge in [-0.2, -0.15) is 0 Å². The van der Waals surface area contributed by atoms with E-state index in [1.165, 1.54) is 48.2 Å². The van der Waals surface area contributed by atoms with Crippen molar-refractivity contribution in [3.63, 3.8) is 0 Å². The summed E-state index contributed by atoms with van der Waals surface area (Å²) in [5.41, 5.74) is 5.57. The molecule has 9 aromatic rings. The van der Waals surface area contributed by atoms with Crippen LogP contribution in [-0.2, 0) is 0 Å². The van der Waals surface area contributed by atoms with Crippen LogP contribution in [0.4, 0.5) is 0 Å². The third-order valence-corrected chi connectivity index (χ3v) is 8.87. The molecule has 3 nitrogen and oxygen atoms in total.